The van der Waals surface area contributed by atoms with Crippen LogP contribution in [-0.2, 0) is 16.0 Å². The van der Waals surface area contributed by atoms with Crippen LogP contribution in [0.5, 0.6) is 5.75 Å². The number of rotatable bonds is 7. The van der Waals surface area contributed by atoms with Crippen molar-refractivity contribution in [2.75, 3.05) is 19.0 Å². The fourth-order valence-corrected chi connectivity index (χ4v) is 3.72. The van der Waals surface area contributed by atoms with Crippen LogP contribution in [0, 0.1) is 12.7 Å². The highest BCUT2D eigenvalue weighted by Gasteiger charge is 2.39. The van der Waals surface area contributed by atoms with E-state index in [1.54, 1.807) is 13.2 Å². The second-order valence-corrected chi connectivity index (χ2v) is 7.58. The van der Waals surface area contributed by atoms with Gasteiger partial charge in [0.1, 0.15) is 17.3 Å². The Kier molecular flexibility index (Phi) is 6.03. The number of ether oxygens (including phenoxy) is 1. The lowest BCUT2D eigenvalue weighted by atomic mass is 10.0. The van der Waals surface area contributed by atoms with Gasteiger partial charge < -0.3 is 10.1 Å². The summed E-state index contributed by atoms with van der Waals surface area (Å²) in [5, 5.41) is 3.12. The molecule has 0 radical (unpaired) electrons. The summed E-state index contributed by atoms with van der Waals surface area (Å²) in [4.78, 5) is 27.9. The predicted molar refractivity (Wildman–Crippen MR) is 122 cm³/mol. The molecule has 32 heavy (non-hydrogen) atoms. The fraction of sp³-hybridized carbons (Fsp3) is 0.154. The molecule has 1 heterocycles. The van der Waals surface area contributed by atoms with Crippen LogP contribution < -0.4 is 10.1 Å². The van der Waals surface area contributed by atoms with Crippen molar-refractivity contribution in [1.82, 2.24) is 4.90 Å². The van der Waals surface area contributed by atoms with Gasteiger partial charge in [-0.1, -0.05) is 48.5 Å². The minimum absolute atomic E-state index is 0.151. The molecular weight excluding hydrogens is 407 g/mol. The Hall–Kier alpha value is -3.93. The maximum atomic E-state index is 13.5. The first-order chi connectivity index (χ1) is 15.5. The van der Waals surface area contributed by atoms with E-state index in [1.165, 1.54) is 29.2 Å². The van der Waals surface area contributed by atoms with E-state index in [9.17, 15) is 14.0 Å². The van der Waals surface area contributed by atoms with Crippen molar-refractivity contribution in [2.45, 2.75) is 13.3 Å². The monoisotopic (exact) mass is 430 g/mol. The predicted octanol–water partition coefficient (Wildman–Crippen LogP) is 4.58. The van der Waals surface area contributed by atoms with E-state index < -0.39 is 17.6 Å². The highest BCUT2D eigenvalue weighted by molar-refractivity contribution is 6.36. The summed E-state index contributed by atoms with van der Waals surface area (Å²) in [6.45, 7) is 2.16. The molecule has 162 valence electrons. The van der Waals surface area contributed by atoms with Gasteiger partial charge in [0.15, 0.2) is 0 Å². The van der Waals surface area contributed by atoms with Crippen molar-refractivity contribution >= 4 is 23.1 Å². The van der Waals surface area contributed by atoms with Gasteiger partial charge in [0.2, 0.25) is 0 Å². The molecule has 1 N–H and O–H groups in total. The number of anilines is 1. The van der Waals surface area contributed by atoms with E-state index >= 15 is 0 Å². The molecule has 3 aromatic carbocycles. The van der Waals surface area contributed by atoms with E-state index in [4.69, 9.17) is 4.74 Å². The molecule has 2 amide bonds. The van der Waals surface area contributed by atoms with Gasteiger partial charge in [-0.3, -0.25) is 14.5 Å². The Bertz CT molecular complexity index is 1190. The van der Waals surface area contributed by atoms with E-state index in [1.807, 2.05) is 49.4 Å². The highest BCUT2D eigenvalue weighted by atomic mass is 19.1. The first kappa shape index (κ1) is 21.3. The second-order valence-electron chi connectivity index (χ2n) is 7.58. The van der Waals surface area contributed by atoms with Gasteiger partial charge in [-0.25, -0.2) is 4.39 Å². The number of benzene rings is 3. The second kappa shape index (κ2) is 9.06. The number of imide groups is 1. The molecule has 4 rings (SSSR count). The van der Waals surface area contributed by atoms with Gasteiger partial charge in [-0.05, 0) is 54.3 Å². The standard InChI is InChI=1S/C26H23FN2O3/c1-17-8-13-22(32-2)21(16-17)28-24-23(19-9-11-20(27)12-10-19)25(30)29(26(24)31)15-14-18-6-4-3-5-7-18/h3-13,16,28H,14-15H2,1-2H3. The summed E-state index contributed by atoms with van der Waals surface area (Å²) < 4.78 is 18.9. The number of aryl methyl sites for hydroxylation is 1. The van der Waals surface area contributed by atoms with Crippen molar-refractivity contribution in [3.05, 3.63) is 101 Å². The summed E-state index contributed by atoms with van der Waals surface area (Å²) >= 11 is 0. The molecule has 1 aliphatic heterocycles. The van der Waals surface area contributed by atoms with Gasteiger partial charge in [0.05, 0.1) is 18.4 Å². The van der Waals surface area contributed by atoms with Crippen LogP contribution in [0.2, 0.25) is 0 Å². The van der Waals surface area contributed by atoms with Gasteiger partial charge in [-0.15, -0.1) is 0 Å². The molecule has 0 saturated heterocycles. The number of nitrogens with zero attached hydrogens (tertiary/aromatic N) is 1. The maximum Gasteiger partial charge on any atom is 0.278 e. The topological polar surface area (TPSA) is 58.6 Å². The van der Waals surface area contributed by atoms with Crippen LogP contribution in [0.1, 0.15) is 16.7 Å². The molecule has 6 heteroatoms. The molecular formula is C26H23FN2O3. The van der Waals surface area contributed by atoms with Gasteiger partial charge in [-0.2, -0.15) is 0 Å². The lowest BCUT2D eigenvalue weighted by Crippen LogP contribution is -2.34. The molecule has 3 aromatic rings. The van der Waals surface area contributed by atoms with Crippen molar-refractivity contribution in [2.24, 2.45) is 0 Å². The average Bonchev–Trinajstić information content (AvgIpc) is 3.03. The molecule has 0 unspecified atom stereocenters. The summed E-state index contributed by atoms with van der Waals surface area (Å²) in [6.07, 6.45) is 0.538. The van der Waals surface area contributed by atoms with Crippen molar-refractivity contribution in [3.63, 3.8) is 0 Å². The SMILES string of the molecule is COc1ccc(C)cc1NC1=C(c2ccc(F)cc2)C(=O)N(CCc2ccccc2)C1=O. The zero-order valence-electron chi connectivity index (χ0n) is 17.9. The lowest BCUT2D eigenvalue weighted by molar-refractivity contribution is -0.136. The Morgan fingerprint density at radius 3 is 2.34 bits per heavy atom. The molecule has 5 nitrogen and oxygen atoms in total. The minimum Gasteiger partial charge on any atom is -0.495 e. The smallest absolute Gasteiger partial charge is 0.278 e. The Balaban J connectivity index is 1.71. The third kappa shape index (κ3) is 4.25. The number of methoxy groups -OCH3 is 1. The number of amides is 2. The number of halogens is 1. The van der Waals surface area contributed by atoms with E-state index in [2.05, 4.69) is 5.32 Å². The molecule has 0 atom stereocenters. The molecule has 0 bridgehead atoms. The highest BCUT2D eigenvalue weighted by Crippen LogP contribution is 2.34. The van der Waals surface area contributed by atoms with Gasteiger partial charge in [0, 0.05) is 6.54 Å². The molecule has 0 fully saturated rings. The molecule has 0 saturated carbocycles. The first-order valence-electron chi connectivity index (χ1n) is 10.3. The third-order valence-corrected chi connectivity index (χ3v) is 5.38. The normalized spacial score (nSPS) is 13.7. The molecule has 0 aromatic heterocycles. The van der Waals surface area contributed by atoms with Crippen LogP contribution in [0.3, 0.4) is 0 Å². The van der Waals surface area contributed by atoms with Crippen molar-refractivity contribution in [3.8, 4) is 5.75 Å². The van der Waals surface area contributed by atoms with Gasteiger partial charge >= 0.3 is 0 Å². The van der Waals surface area contributed by atoms with Gasteiger partial charge in [0.25, 0.3) is 11.8 Å². The number of nitrogens with one attached hydrogen (secondary N) is 1. The first-order valence-corrected chi connectivity index (χ1v) is 10.3. The van der Waals surface area contributed by atoms with Crippen LogP contribution in [0.15, 0.2) is 78.5 Å². The largest absolute Gasteiger partial charge is 0.495 e. The quantitative estimate of drug-likeness (QED) is 0.558. The number of carbonyl (C=O) groups excluding carboxylic acids is 2. The lowest BCUT2D eigenvalue weighted by Gasteiger charge is -2.16. The maximum absolute atomic E-state index is 13.5. The molecule has 0 aliphatic carbocycles. The molecule has 1 aliphatic rings. The Morgan fingerprint density at radius 2 is 1.66 bits per heavy atom. The van der Waals surface area contributed by atoms with E-state index in [-0.39, 0.29) is 17.8 Å². The van der Waals surface area contributed by atoms with E-state index in [0.29, 0.717) is 23.4 Å². The number of hydrogen-bond donors (Lipinski definition) is 1. The van der Waals surface area contributed by atoms with E-state index in [0.717, 1.165) is 11.1 Å². The van der Waals surface area contributed by atoms with Crippen LogP contribution in [0.25, 0.3) is 5.57 Å². The number of carbonyl (C=O) groups is 2. The minimum atomic E-state index is -0.422. The zero-order chi connectivity index (χ0) is 22.7. The van der Waals surface area contributed by atoms with Crippen LogP contribution in [0.4, 0.5) is 10.1 Å². The summed E-state index contributed by atoms with van der Waals surface area (Å²) in [5.41, 5.74) is 3.41. The number of hydrogen-bond acceptors (Lipinski definition) is 4. The summed E-state index contributed by atoms with van der Waals surface area (Å²) in [7, 11) is 1.54. The summed E-state index contributed by atoms with van der Waals surface area (Å²) in [6, 6.07) is 20.8. The van der Waals surface area contributed by atoms with Crippen LogP contribution in [-0.4, -0.2) is 30.4 Å². The Labute approximate surface area is 186 Å². The third-order valence-electron chi connectivity index (χ3n) is 5.38. The summed E-state index contributed by atoms with van der Waals surface area (Å²) in [5.74, 6) is -0.702. The van der Waals surface area contributed by atoms with Crippen LogP contribution >= 0.6 is 0 Å². The van der Waals surface area contributed by atoms with Crippen molar-refractivity contribution in [1.29, 1.82) is 0 Å². The average molecular weight is 430 g/mol. The molecule has 0 spiro atoms. The van der Waals surface area contributed by atoms with Crippen molar-refractivity contribution < 1.29 is 18.7 Å². The fourth-order valence-electron chi connectivity index (χ4n) is 3.72. The Morgan fingerprint density at radius 1 is 0.938 bits per heavy atom. The zero-order valence-corrected chi connectivity index (χ0v) is 17.9.